The molecule has 1 atom stereocenters. The van der Waals surface area contributed by atoms with Crippen molar-refractivity contribution in [3.8, 4) is 0 Å². The van der Waals surface area contributed by atoms with Crippen LogP contribution in [-0.4, -0.2) is 0 Å². The summed E-state index contributed by atoms with van der Waals surface area (Å²) in [5, 5.41) is 2.77. The third-order valence-electron chi connectivity index (χ3n) is 1.40. The standard InChI is InChI=1S/C8H6P/c1-2-4-8-7(3-1)5-6-9-8/h1-5,9H/q-1. The van der Waals surface area contributed by atoms with E-state index in [-0.39, 0.29) is 0 Å². The molecule has 0 fully saturated rings. The molecule has 0 saturated carbocycles. The van der Waals surface area contributed by atoms with Crippen molar-refractivity contribution >= 4 is 18.7 Å². The molecule has 1 unspecified atom stereocenters. The molecular weight excluding hydrogens is 127 g/mol. The van der Waals surface area contributed by atoms with E-state index in [4.69, 9.17) is 0 Å². The van der Waals surface area contributed by atoms with Crippen molar-refractivity contribution in [1.29, 1.82) is 0 Å². The van der Waals surface area contributed by atoms with Gasteiger partial charge in [-0.05, 0) is 0 Å². The molecule has 2 rings (SSSR count). The average Bonchev–Trinajstić information content (AvgIpc) is 2.33. The zero-order valence-electron chi connectivity index (χ0n) is 4.89. The lowest BCUT2D eigenvalue weighted by Crippen LogP contribution is -1.55. The summed E-state index contributed by atoms with van der Waals surface area (Å²) in [4.78, 5) is 0. The summed E-state index contributed by atoms with van der Waals surface area (Å²) >= 11 is 0. The predicted molar refractivity (Wildman–Crippen MR) is 42.3 cm³/mol. The first-order valence-electron chi connectivity index (χ1n) is 2.90. The van der Waals surface area contributed by atoms with Crippen molar-refractivity contribution in [2.75, 3.05) is 0 Å². The molecule has 1 aromatic carbocycles. The SMILES string of the molecule is [c-]1cc2ccccc2[pH]1. The Balaban J connectivity index is 2.95. The largest absolute Gasteiger partial charge is 0.264 e. The maximum atomic E-state index is 3.19. The average molecular weight is 133 g/mol. The second-order valence-corrected chi connectivity index (χ2v) is 3.08. The number of benzene rings is 1. The fourth-order valence-corrected chi connectivity index (χ4v) is 1.79. The van der Waals surface area contributed by atoms with Gasteiger partial charge in [0.05, 0.1) is 0 Å². The van der Waals surface area contributed by atoms with Crippen LogP contribution >= 0.6 is 8.19 Å². The zero-order chi connectivity index (χ0) is 6.10. The number of fused-ring (bicyclic) bond motifs is 1. The molecule has 9 heavy (non-hydrogen) atoms. The summed E-state index contributed by atoms with van der Waals surface area (Å²) in [7, 11) is 0.774. The highest BCUT2D eigenvalue weighted by Crippen LogP contribution is 2.22. The first-order valence-corrected chi connectivity index (χ1v) is 3.90. The van der Waals surface area contributed by atoms with Crippen LogP contribution in [0, 0.1) is 5.80 Å². The lowest BCUT2D eigenvalue weighted by molar-refractivity contribution is 1.85. The molecule has 1 heteroatoms. The molecule has 0 aliphatic heterocycles. The summed E-state index contributed by atoms with van der Waals surface area (Å²) in [5.74, 6) is 3.19. The molecule has 0 spiro atoms. The van der Waals surface area contributed by atoms with Gasteiger partial charge in [0.25, 0.3) is 0 Å². The smallest absolute Gasteiger partial charge is 0.0756 e. The van der Waals surface area contributed by atoms with Gasteiger partial charge in [0.1, 0.15) is 0 Å². The van der Waals surface area contributed by atoms with E-state index in [0.29, 0.717) is 0 Å². The van der Waals surface area contributed by atoms with E-state index < -0.39 is 0 Å². The molecule has 0 amide bonds. The van der Waals surface area contributed by atoms with Gasteiger partial charge in [0.2, 0.25) is 0 Å². The lowest BCUT2D eigenvalue weighted by atomic mass is 10.3. The summed E-state index contributed by atoms with van der Waals surface area (Å²) in [6.45, 7) is 0. The highest BCUT2D eigenvalue weighted by atomic mass is 31.0. The number of rotatable bonds is 0. The van der Waals surface area contributed by atoms with Gasteiger partial charge in [0, 0.05) is 0 Å². The van der Waals surface area contributed by atoms with Crippen LogP contribution in [0.15, 0.2) is 30.3 Å². The minimum atomic E-state index is 0.774. The highest BCUT2D eigenvalue weighted by molar-refractivity contribution is 7.36. The molecule has 1 heterocycles. The van der Waals surface area contributed by atoms with Crippen LogP contribution in [0.2, 0.25) is 0 Å². The van der Waals surface area contributed by atoms with Gasteiger partial charge in [-0.1, -0.05) is 12.1 Å². The van der Waals surface area contributed by atoms with Crippen molar-refractivity contribution in [2.45, 2.75) is 0 Å². The Hall–Kier alpha value is -0.740. The molecular formula is C8H6P-. The third-order valence-corrected chi connectivity index (χ3v) is 2.41. The van der Waals surface area contributed by atoms with E-state index in [9.17, 15) is 0 Å². The molecule has 0 aliphatic rings. The normalized spacial score (nSPS) is 11.1. The van der Waals surface area contributed by atoms with Gasteiger partial charge in [-0.25, -0.2) is 0 Å². The Morgan fingerprint density at radius 2 is 2.11 bits per heavy atom. The minimum Gasteiger partial charge on any atom is -0.264 e. The van der Waals surface area contributed by atoms with Crippen LogP contribution in [0.1, 0.15) is 0 Å². The third kappa shape index (κ3) is 0.760. The Morgan fingerprint density at radius 1 is 1.22 bits per heavy atom. The van der Waals surface area contributed by atoms with Crippen molar-refractivity contribution < 1.29 is 0 Å². The molecule has 2 aromatic rings. The number of hydrogen-bond donors (Lipinski definition) is 0. The lowest BCUT2D eigenvalue weighted by Gasteiger charge is -1.93. The minimum absolute atomic E-state index is 0.774. The maximum absolute atomic E-state index is 3.19. The van der Waals surface area contributed by atoms with Crippen molar-refractivity contribution in [3.05, 3.63) is 36.1 Å². The molecule has 0 saturated heterocycles. The number of hydrogen-bond acceptors (Lipinski definition) is 0. The molecule has 0 nitrogen and oxygen atoms in total. The Bertz CT molecular complexity index is 279. The van der Waals surface area contributed by atoms with E-state index >= 15 is 0 Å². The van der Waals surface area contributed by atoms with Crippen LogP contribution in [0.5, 0.6) is 0 Å². The van der Waals surface area contributed by atoms with Gasteiger partial charge >= 0.3 is 0 Å². The molecule has 0 radical (unpaired) electrons. The first kappa shape index (κ1) is 5.08. The van der Waals surface area contributed by atoms with Crippen molar-refractivity contribution in [1.82, 2.24) is 0 Å². The van der Waals surface area contributed by atoms with Gasteiger partial charge in [0.15, 0.2) is 0 Å². The monoisotopic (exact) mass is 133 g/mol. The fourth-order valence-electron chi connectivity index (χ4n) is 0.928. The van der Waals surface area contributed by atoms with E-state index in [1.54, 1.807) is 0 Å². The Labute approximate surface area is 55.6 Å². The quantitative estimate of drug-likeness (QED) is 0.484. The van der Waals surface area contributed by atoms with Gasteiger partial charge < -0.3 is 0 Å². The van der Waals surface area contributed by atoms with Gasteiger partial charge in [-0.3, -0.25) is 8.19 Å². The fraction of sp³-hybridized carbons (Fsp3) is 0. The summed E-state index contributed by atoms with van der Waals surface area (Å²) in [6.07, 6.45) is 0. The van der Waals surface area contributed by atoms with Crippen LogP contribution < -0.4 is 0 Å². The van der Waals surface area contributed by atoms with Gasteiger partial charge in [-0.15, -0.1) is 12.1 Å². The molecule has 0 aliphatic carbocycles. The van der Waals surface area contributed by atoms with Crippen LogP contribution in [0.25, 0.3) is 10.5 Å². The van der Waals surface area contributed by atoms with Crippen LogP contribution in [-0.2, 0) is 0 Å². The second-order valence-electron chi connectivity index (χ2n) is 2.00. The van der Waals surface area contributed by atoms with E-state index in [1.165, 1.54) is 10.5 Å². The van der Waals surface area contributed by atoms with E-state index in [2.05, 4.69) is 36.1 Å². The maximum Gasteiger partial charge on any atom is -0.0756 e. The topological polar surface area (TPSA) is 0 Å². The van der Waals surface area contributed by atoms with Crippen LogP contribution in [0.3, 0.4) is 0 Å². The molecule has 0 N–H and O–H groups in total. The Kier molecular flexibility index (Phi) is 1.07. The Morgan fingerprint density at radius 3 is 3.00 bits per heavy atom. The second kappa shape index (κ2) is 1.89. The van der Waals surface area contributed by atoms with Gasteiger partial charge in [-0.2, -0.15) is 22.4 Å². The molecule has 1 aromatic heterocycles. The zero-order valence-corrected chi connectivity index (χ0v) is 5.89. The van der Waals surface area contributed by atoms with Crippen molar-refractivity contribution in [3.63, 3.8) is 0 Å². The summed E-state index contributed by atoms with van der Waals surface area (Å²) < 4.78 is 0. The van der Waals surface area contributed by atoms with Crippen molar-refractivity contribution in [2.24, 2.45) is 0 Å². The summed E-state index contributed by atoms with van der Waals surface area (Å²) in [5.41, 5.74) is 0. The molecule has 44 valence electrons. The predicted octanol–water partition coefficient (Wildman–Crippen LogP) is 2.67. The van der Waals surface area contributed by atoms with E-state index in [1.807, 2.05) is 0 Å². The molecule has 0 bridgehead atoms. The highest BCUT2D eigenvalue weighted by Gasteiger charge is 1.75. The van der Waals surface area contributed by atoms with Crippen LogP contribution in [0.4, 0.5) is 0 Å². The summed E-state index contributed by atoms with van der Waals surface area (Å²) in [6, 6.07) is 10.5. The van der Waals surface area contributed by atoms with E-state index in [0.717, 1.165) is 8.19 Å². The first-order chi connectivity index (χ1) is 4.47.